The molecule has 1 rings (SSSR count). The van der Waals surface area contributed by atoms with Crippen molar-refractivity contribution in [3.8, 4) is 5.75 Å². The van der Waals surface area contributed by atoms with E-state index in [2.05, 4.69) is 0 Å². The minimum Gasteiger partial charge on any atom is -0.497 e. The fraction of sp³-hybridized carbons (Fsp3) is 0.455. The summed E-state index contributed by atoms with van der Waals surface area (Å²) in [4.78, 5) is 0. The smallest absolute Gasteiger partial charge is 0.127 e. The number of benzene rings is 1. The number of hydrogen-bond acceptors (Lipinski definition) is 2. The van der Waals surface area contributed by atoms with Gasteiger partial charge in [-0.25, -0.2) is 4.39 Å². The largest absolute Gasteiger partial charge is 0.497 e. The third kappa shape index (κ3) is 3.00. The van der Waals surface area contributed by atoms with E-state index in [1.807, 2.05) is 13.0 Å². The Kier molecular flexibility index (Phi) is 3.89. The highest BCUT2D eigenvalue weighted by Gasteiger charge is 2.05. The van der Waals surface area contributed by atoms with Crippen molar-refractivity contribution in [1.29, 1.82) is 0 Å². The van der Waals surface area contributed by atoms with Crippen molar-refractivity contribution in [1.82, 2.24) is 0 Å². The van der Waals surface area contributed by atoms with Gasteiger partial charge in [-0.15, -0.1) is 0 Å². The number of ether oxygens (including phenoxy) is 1. The van der Waals surface area contributed by atoms with E-state index in [0.717, 1.165) is 12.0 Å². The molecule has 0 heterocycles. The molecular formula is C11H16FNO. The molecule has 0 aliphatic rings. The van der Waals surface area contributed by atoms with Crippen molar-refractivity contribution in [2.24, 2.45) is 5.73 Å². The molecule has 0 saturated heterocycles. The summed E-state index contributed by atoms with van der Waals surface area (Å²) < 4.78 is 18.0. The third-order valence-electron chi connectivity index (χ3n) is 2.19. The van der Waals surface area contributed by atoms with Gasteiger partial charge in [-0.05, 0) is 30.5 Å². The van der Waals surface area contributed by atoms with Gasteiger partial charge in [0.2, 0.25) is 0 Å². The molecule has 1 aromatic rings. The van der Waals surface area contributed by atoms with Crippen molar-refractivity contribution in [3.63, 3.8) is 0 Å². The van der Waals surface area contributed by atoms with Crippen LogP contribution in [0.15, 0.2) is 18.2 Å². The van der Waals surface area contributed by atoms with E-state index >= 15 is 0 Å². The van der Waals surface area contributed by atoms with Crippen molar-refractivity contribution < 1.29 is 9.13 Å². The van der Waals surface area contributed by atoms with Gasteiger partial charge in [-0.3, -0.25) is 0 Å². The van der Waals surface area contributed by atoms with E-state index in [1.54, 1.807) is 0 Å². The number of methoxy groups -OCH3 is 1. The molecule has 0 aromatic heterocycles. The molecular weight excluding hydrogens is 181 g/mol. The quantitative estimate of drug-likeness (QED) is 0.802. The molecule has 0 amide bonds. The molecule has 0 aliphatic heterocycles. The van der Waals surface area contributed by atoms with Crippen LogP contribution in [0.4, 0.5) is 4.39 Å². The SMILES string of the molecule is CCC(N)Cc1cc(F)cc(OC)c1. The summed E-state index contributed by atoms with van der Waals surface area (Å²) in [6, 6.07) is 4.76. The van der Waals surface area contributed by atoms with Gasteiger partial charge >= 0.3 is 0 Å². The van der Waals surface area contributed by atoms with Gasteiger partial charge in [-0.1, -0.05) is 6.92 Å². The van der Waals surface area contributed by atoms with Crippen molar-refractivity contribution in [2.75, 3.05) is 7.11 Å². The third-order valence-corrected chi connectivity index (χ3v) is 2.19. The summed E-state index contributed by atoms with van der Waals surface area (Å²) in [5, 5.41) is 0. The fourth-order valence-electron chi connectivity index (χ4n) is 1.30. The zero-order valence-electron chi connectivity index (χ0n) is 8.59. The van der Waals surface area contributed by atoms with E-state index in [4.69, 9.17) is 10.5 Å². The minimum absolute atomic E-state index is 0.0847. The molecule has 2 nitrogen and oxygen atoms in total. The molecule has 0 spiro atoms. The summed E-state index contributed by atoms with van der Waals surface area (Å²) in [6.07, 6.45) is 1.57. The first kappa shape index (κ1) is 11.0. The zero-order chi connectivity index (χ0) is 10.6. The van der Waals surface area contributed by atoms with Gasteiger partial charge in [0.15, 0.2) is 0 Å². The molecule has 78 valence electrons. The first-order valence-electron chi connectivity index (χ1n) is 4.74. The molecule has 14 heavy (non-hydrogen) atoms. The average Bonchev–Trinajstić information content (AvgIpc) is 2.16. The summed E-state index contributed by atoms with van der Waals surface area (Å²) >= 11 is 0. The van der Waals surface area contributed by atoms with Gasteiger partial charge in [0.1, 0.15) is 11.6 Å². The number of halogens is 1. The van der Waals surface area contributed by atoms with Crippen molar-refractivity contribution >= 4 is 0 Å². The Balaban J connectivity index is 2.81. The monoisotopic (exact) mass is 197 g/mol. The predicted octanol–water partition coefficient (Wildman–Crippen LogP) is 2.11. The van der Waals surface area contributed by atoms with Crippen LogP contribution in [0.2, 0.25) is 0 Å². The Hall–Kier alpha value is -1.09. The first-order valence-corrected chi connectivity index (χ1v) is 4.74. The van der Waals surface area contributed by atoms with E-state index in [9.17, 15) is 4.39 Å². The molecule has 0 radical (unpaired) electrons. The second-order valence-electron chi connectivity index (χ2n) is 3.37. The van der Waals surface area contributed by atoms with Crippen LogP contribution in [0.3, 0.4) is 0 Å². The van der Waals surface area contributed by atoms with Gasteiger partial charge in [0, 0.05) is 12.1 Å². The summed E-state index contributed by atoms with van der Waals surface area (Å²) in [7, 11) is 1.53. The maximum absolute atomic E-state index is 13.0. The van der Waals surface area contributed by atoms with E-state index < -0.39 is 0 Å². The molecule has 0 aliphatic carbocycles. The Labute approximate surface area is 83.9 Å². The maximum Gasteiger partial charge on any atom is 0.127 e. The van der Waals surface area contributed by atoms with Gasteiger partial charge in [0.05, 0.1) is 7.11 Å². The molecule has 0 fully saturated rings. The van der Waals surface area contributed by atoms with Gasteiger partial charge in [-0.2, -0.15) is 0 Å². The predicted molar refractivity (Wildman–Crippen MR) is 54.9 cm³/mol. The van der Waals surface area contributed by atoms with Crippen molar-refractivity contribution in [3.05, 3.63) is 29.6 Å². The van der Waals surface area contributed by atoms with Crippen LogP contribution in [0.25, 0.3) is 0 Å². The lowest BCUT2D eigenvalue weighted by molar-refractivity contribution is 0.410. The number of nitrogens with two attached hydrogens (primary N) is 1. The topological polar surface area (TPSA) is 35.2 Å². The van der Waals surface area contributed by atoms with E-state index in [-0.39, 0.29) is 11.9 Å². The van der Waals surface area contributed by atoms with E-state index in [1.165, 1.54) is 19.2 Å². The second-order valence-corrected chi connectivity index (χ2v) is 3.37. The fourth-order valence-corrected chi connectivity index (χ4v) is 1.30. The standard InChI is InChI=1S/C11H16FNO/c1-3-10(13)5-8-4-9(12)7-11(6-8)14-2/h4,6-7,10H,3,5,13H2,1-2H3. The van der Waals surface area contributed by atoms with Crippen LogP contribution in [0, 0.1) is 5.82 Å². The van der Waals surface area contributed by atoms with Crippen LogP contribution in [0.5, 0.6) is 5.75 Å². The van der Waals surface area contributed by atoms with Crippen molar-refractivity contribution in [2.45, 2.75) is 25.8 Å². The molecule has 0 saturated carbocycles. The second kappa shape index (κ2) is 4.96. The highest BCUT2D eigenvalue weighted by Crippen LogP contribution is 2.17. The zero-order valence-corrected chi connectivity index (χ0v) is 8.59. The van der Waals surface area contributed by atoms with Gasteiger partial charge < -0.3 is 10.5 Å². The molecule has 1 atom stereocenters. The van der Waals surface area contributed by atoms with Crippen LogP contribution in [-0.4, -0.2) is 13.2 Å². The maximum atomic E-state index is 13.0. The highest BCUT2D eigenvalue weighted by molar-refractivity contribution is 5.30. The van der Waals surface area contributed by atoms with E-state index in [0.29, 0.717) is 12.2 Å². The van der Waals surface area contributed by atoms with Crippen LogP contribution in [0.1, 0.15) is 18.9 Å². The molecule has 3 heteroatoms. The summed E-state index contributed by atoms with van der Waals surface area (Å²) in [5.41, 5.74) is 6.67. The lowest BCUT2D eigenvalue weighted by atomic mass is 10.0. The first-order chi connectivity index (χ1) is 6.65. The molecule has 2 N–H and O–H groups in total. The lowest BCUT2D eigenvalue weighted by Crippen LogP contribution is -2.21. The Bertz CT molecular complexity index is 301. The average molecular weight is 197 g/mol. The van der Waals surface area contributed by atoms with Crippen LogP contribution in [-0.2, 0) is 6.42 Å². The highest BCUT2D eigenvalue weighted by atomic mass is 19.1. The summed E-state index contributed by atoms with van der Waals surface area (Å²) in [6.45, 7) is 2.02. The normalized spacial score (nSPS) is 12.6. The summed E-state index contributed by atoms with van der Waals surface area (Å²) in [5.74, 6) is 0.269. The lowest BCUT2D eigenvalue weighted by Gasteiger charge is -2.09. The van der Waals surface area contributed by atoms with Gasteiger partial charge in [0.25, 0.3) is 0 Å². The van der Waals surface area contributed by atoms with Crippen LogP contribution >= 0.6 is 0 Å². The molecule has 1 unspecified atom stereocenters. The Morgan fingerprint density at radius 1 is 1.43 bits per heavy atom. The molecule has 1 aromatic carbocycles. The minimum atomic E-state index is -0.275. The number of hydrogen-bond donors (Lipinski definition) is 1. The number of rotatable bonds is 4. The molecule has 0 bridgehead atoms. The Morgan fingerprint density at radius 2 is 2.14 bits per heavy atom. The Morgan fingerprint density at radius 3 is 2.71 bits per heavy atom. The van der Waals surface area contributed by atoms with Crippen LogP contribution < -0.4 is 10.5 Å².